The molecule has 53 heavy (non-hydrogen) atoms. The molecule has 12 nitrogen and oxygen atoms in total. The molecule has 4 amide bonds. The van der Waals surface area contributed by atoms with Crippen molar-refractivity contribution in [1.29, 1.82) is 5.26 Å². The number of anilines is 1. The maximum atomic E-state index is 15.7. The fourth-order valence-corrected chi connectivity index (χ4v) is 8.88. The fourth-order valence-electron chi connectivity index (χ4n) is 8.67. The minimum atomic E-state index is -0.793. The smallest absolute Gasteiger partial charge is 0.255 e. The second kappa shape index (κ2) is 13.7. The first-order valence-electron chi connectivity index (χ1n) is 17.7. The molecule has 0 radical (unpaired) electrons. The normalized spacial score (nSPS) is 23.5. The maximum Gasteiger partial charge on any atom is 0.255 e. The highest BCUT2D eigenvalue weighted by atomic mass is 35.5. The van der Waals surface area contributed by atoms with Crippen molar-refractivity contribution in [1.82, 2.24) is 25.4 Å². The topological polar surface area (TPSA) is 148 Å². The number of nitrogens with zero attached hydrogens (tertiary/aromatic N) is 5. The van der Waals surface area contributed by atoms with Crippen molar-refractivity contribution in [2.24, 2.45) is 10.8 Å². The number of nitriles is 1. The SMILES string of the molecule is CC1(C)[C@H](NC(=O)c2ccc(N3CCN(Cc4ccc5c(c4F)CN(C4CCC(=O)NC4=O)C5=O)CC3)nc2)C(C)(C)[C@H]1Oc1ccc(C#N)c(Cl)c1. The van der Waals surface area contributed by atoms with E-state index in [9.17, 15) is 24.4 Å². The summed E-state index contributed by atoms with van der Waals surface area (Å²) in [6.45, 7) is 11.2. The van der Waals surface area contributed by atoms with Gasteiger partial charge in [-0.15, -0.1) is 0 Å². The van der Waals surface area contributed by atoms with Gasteiger partial charge in [0, 0.05) is 85.0 Å². The predicted octanol–water partition coefficient (Wildman–Crippen LogP) is 4.44. The molecule has 3 aliphatic heterocycles. The molecular formula is C39H41ClFN7O5. The van der Waals surface area contributed by atoms with Crippen molar-refractivity contribution in [3.05, 3.63) is 87.3 Å². The number of nitrogens with one attached hydrogen (secondary N) is 2. The summed E-state index contributed by atoms with van der Waals surface area (Å²) >= 11 is 6.22. The molecule has 0 spiro atoms. The van der Waals surface area contributed by atoms with Gasteiger partial charge in [-0.25, -0.2) is 9.37 Å². The van der Waals surface area contributed by atoms with Crippen LogP contribution >= 0.6 is 11.6 Å². The molecule has 7 rings (SSSR count). The average Bonchev–Trinajstić information content (AvgIpc) is 3.47. The zero-order valence-electron chi connectivity index (χ0n) is 30.0. The number of rotatable bonds is 8. The van der Waals surface area contributed by atoms with Gasteiger partial charge in [0.25, 0.3) is 11.8 Å². The highest BCUT2D eigenvalue weighted by Gasteiger charge is 2.64. The number of piperidine rings is 1. The molecule has 1 aliphatic carbocycles. The van der Waals surface area contributed by atoms with Crippen LogP contribution in [-0.4, -0.2) is 82.8 Å². The molecule has 4 aliphatic rings. The van der Waals surface area contributed by atoms with Crippen LogP contribution in [0.4, 0.5) is 10.2 Å². The summed E-state index contributed by atoms with van der Waals surface area (Å²) in [4.78, 5) is 60.7. The van der Waals surface area contributed by atoms with Gasteiger partial charge in [0.1, 0.15) is 35.6 Å². The molecule has 3 fully saturated rings. The van der Waals surface area contributed by atoms with Gasteiger partial charge < -0.3 is 19.9 Å². The first-order chi connectivity index (χ1) is 25.2. The summed E-state index contributed by atoms with van der Waals surface area (Å²) in [6, 6.07) is 13.0. The molecule has 4 heterocycles. The first kappa shape index (κ1) is 36.3. The van der Waals surface area contributed by atoms with Crippen LogP contribution in [0.15, 0.2) is 48.7 Å². The lowest BCUT2D eigenvalue weighted by Crippen LogP contribution is -2.74. The number of amides is 4. The second-order valence-corrected chi connectivity index (χ2v) is 15.8. The first-order valence-corrected chi connectivity index (χ1v) is 18.1. The van der Waals surface area contributed by atoms with Crippen LogP contribution in [0.2, 0.25) is 5.02 Å². The van der Waals surface area contributed by atoms with Crippen molar-refractivity contribution in [2.75, 3.05) is 31.1 Å². The molecule has 2 aromatic carbocycles. The number of carbonyl (C=O) groups is 4. The van der Waals surface area contributed by atoms with E-state index in [1.54, 1.807) is 42.6 Å². The van der Waals surface area contributed by atoms with Gasteiger partial charge in [-0.1, -0.05) is 45.4 Å². The number of ether oxygens (including phenoxy) is 1. The average molecular weight is 742 g/mol. The predicted molar refractivity (Wildman–Crippen MR) is 194 cm³/mol. The Kier molecular flexibility index (Phi) is 9.41. The van der Waals surface area contributed by atoms with E-state index in [1.165, 1.54) is 4.90 Å². The minimum absolute atomic E-state index is 0.00565. The van der Waals surface area contributed by atoms with Crippen molar-refractivity contribution in [3.63, 3.8) is 0 Å². The quantitative estimate of drug-likeness (QED) is 0.320. The summed E-state index contributed by atoms with van der Waals surface area (Å²) in [5.41, 5.74) is 1.06. The second-order valence-electron chi connectivity index (χ2n) is 15.4. The van der Waals surface area contributed by atoms with Crippen LogP contribution in [0.5, 0.6) is 5.75 Å². The number of halogens is 2. The van der Waals surface area contributed by atoms with Gasteiger partial charge in [0.2, 0.25) is 11.8 Å². The van der Waals surface area contributed by atoms with Crippen LogP contribution in [-0.2, 0) is 22.7 Å². The molecule has 1 aromatic heterocycles. The standard InChI is InChI=1S/C39H41ClFN7O5/c1-38(2)36(39(3,4)37(38)53-25-8-5-22(18-42)28(40)17-25)45-33(50)23-7-11-30(43-19-23)47-15-13-46(14-16-47)20-24-6-9-26-27(32(24)41)21-48(35(26)52)29-10-12-31(49)44-34(29)51/h5-9,11,17,19,29,36-37H,10,12-16,20-21H2,1-4H3,(H,45,50)(H,44,49,51)/t29?,36-,37-. The zero-order chi connectivity index (χ0) is 37.8. The van der Waals surface area contributed by atoms with Crippen LogP contribution in [0, 0.1) is 28.0 Å². The van der Waals surface area contributed by atoms with Gasteiger partial charge in [-0.2, -0.15) is 5.26 Å². The molecule has 0 bridgehead atoms. The van der Waals surface area contributed by atoms with Crippen LogP contribution in [0.3, 0.4) is 0 Å². The van der Waals surface area contributed by atoms with Gasteiger partial charge in [0.15, 0.2) is 0 Å². The molecule has 1 atom stereocenters. The Balaban J connectivity index is 0.922. The largest absolute Gasteiger partial charge is 0.489 e. The Morgan fingerprint density at radius 3 is 2.45 bits per heavy atom. The molecule has 14 heteroatoms. The van der Waals surface area contributed by atoms with Crippen LogP contribution in [0.25, 0.3) is 0 Å². The maximum absolute atomic E-state index is 15.7. The molecule has 276 valence electrons. The molecule has 2 saturated heterocycles. The van der Waals surface area contributed by atoms with Crippen molar-refractivity contribution >= 4 is 41.0 Å². The summed E-state index contributed by atoms with van der Waals surface area (Å²) in [6.07, 6.45) is 1.73. The van der Waals surface area contributed by atoms with Crippen LogP contribution in [0.1, 0.15) is 77.9 Å². The van der Waals surface area contributed by atoms with E-state index in [4.69, 9.17) is 16.3 Å². The van der Waals surface area contributed by atoms with E-state index in [2.05, 4.69) is 59.2 Å². The molecular weight excluding hydrogens is 701 g/mol. The Morgan fingerprint density at radius 2 is 1.81 bits per heavy atom. The Labute approximate surface area is 312 Å². The number of fused-ring (bicyclic) bond motifs is 1. The van der Waals surface area contributed by atoms with Gasteiger partial charge >= 0.3 is 0 Å². The van der Waals surface area contributed by atoms with Gasteiger partial charge in [-0.05, 0) is 36.8 Å². The number of piperazine rings is 1. The number of benzene rings is 2. The third-order valence-electron chi connectivity index (χ3n) is 11.3. The van der Waals surface area contributed by atoms with Crippen molar-refractivity contribution in [2.45, 2.75) is 71.8 Å². The molecule has 1 saturated carbocycles. The van der Waals surface area contributed by atoms with Crippen molar-refractivity contribution in [3.8, 4) is 11.8 Å². The highest BCUT2D eigenvalue weighted by molar-refractivity contribution is 6.31. The number of aromatic nitrogens is 1. The molecule has 2 N–H and O–H groups in total. The Morgan fingerprint density at radius 1 is 1.08 bits per heavy atom. The third kappa shape index (κ3) is 6.59. The molecule has 1 unspecified atom stereocenters. The summed E-state index contributed by atoms with van der Waals surface area (Å²) in [7, 11) is 0. The Hall–Kier alpha value is -5.06. The van der Waals surface area contributed by atoms with E-state index < -0.39 is 34.5 Å². The van der Waals surface area contributed by atoms with E-state index in [0.717, 1.165) is 5.82 Å². The number of imide groups is 1. The van der Waals surface area contributed by atoms with E-state index in [-0.39, 0.29) is 54.5 Å². The van der Waals surface area contributed by atoms with E-state index >= 15 is 4.39 Å². The van der Waals surface area contributed by atoms with Gasteiger partial charge in [-0.3, -0.25) is 29.4 Å². The van der Waals surface area contributed by atoms with Crippen LogP contribution < -0.4 is 20.3 Å². The van der Waals surface area contributed by atoms with Crippen molar-refractivity contribution < 1.29 is 28.3 Å². The van der Waals surface area contributed by atoms with E-state index in [1.807, 2.05) is 6.07 Å². The van der Waals surface area contributed by atoms with Gasteiger partial charge in [0.05, 0.1) is 22.7 Å². The Bertz CT molecular complexity index is 2020. The number of hydrogen-bond donors (Lipinski definition) is 2. The lowest BCUT2D eigenvalue weighted by atomic mass is 9.49. The number of carbonyl (C=O) groups excluding carboxylic acids is 4. The summed E-state index contributed by atoms with van der Waals surface area (Å²) in [5, 5.41) is 15.0. The minimum Gasteiger partial charge on any atom is -0.489 e. The number of hydrogen-bond acceptors (Lipinski definition) is 9. The van der Waals surface area contributed by atoms with E-state index in [0.29, 0.717) is 60.2 Å². The number of pyridine rings is 1. The summed E-state index contributed by atoms with van der Waals surface area (Å²) < 4.78 is 22.1. The lowest BCUT2D eigenvalue weighted by Gasteiger charge is -2.63. The third-order valence-corrected chi connectivity index (χ3v) is 11.6. The molecule has 3 aromatic rings. The fraction of sp³-hybridized carbons (Fsp3) is 0.436. The highest BCUT2D eigenvalue weighted by Crippen LogP contribution is 2.55. The lowest BCUT2D eigenvalue weighted by molar-refractivity contribution is -0.164. The summed E-state index contributed by atoms with van der Waals surface area (Å²) in [5.74, 6) is -0.633. The zero-order valence-corrected chi connectivity index (χ0v) is 30.8. The monoisotopic (exact) mass is 741 g/mol.